The Morgan fingerprint density at radius 2 is 1.85 bits per heavy atom. The molecular weight excluding hydrogens is 272 g/mol. The van der Waals surface area contributed by atoms with Crippen molar-refractivity contribution in [3.63, 3.8) is 0 Å². The van der Waals surface area contributed by atoms with Crippen LogP contribution in [0.15, 0.2) is 36.4 Å². The molecule has 3 rings (SSSR count). The van der Waals surface area contributed by atoms with Gasteiger partial charge in [-0.05, 0) is 59.4 Å². The Balaban J connectivity index is 2.41. The molecule has 2 aromatic carbocycles. The molecule has 2 aromatic rings. The van der Waals surface area contributed by atoms with Crippen LogP contribution >= 0.6 is 11.6 Å². The van der Waals surface area contributed by atoms with Gasteiger partial charge in [0.1, 0.15) is 0 Å². The third-order valence-corrected chi connectivity index (χ3v) is 3.81. The maximum atomic E-state index is 11.1. The van der Waals surface area contributed by atoms with Crippen molar-refractivity contribution in [2.75, 3.05) is 0 Å². The third kappa shape index (κ3) is 1.93. The van der Waals surface area contributed by atoms with Crippen LogP contribution in [-0.4, -0.2) is 11.1 Å². The van der Waals surface area contributed by atoms with E-state index in [0.717, 1.165) is 33.4 Å². The predicted octanol–water partition coefficient (Wildman–Crippen LogP) is 4.45. The van der Waals surface area contributed by atoms with Gasteiger partial charge in [0, 0.05) is 11.1 Å². The van der Waals surface area contributed by atoms with Crippen LogP contribution in [0.25, 0.3) is 16.7 Å². The molecule has 100 valence electrons. The van der Waals surface area contributed by atoms with Gasteiger partial charge in [0.2, 0.25) is 0 Å². The zero-order chi connectivity index (χ0) is 14.4. The van der Waals surface area contributed by atoms with E-state index in [0.29, 0.717) is 5.02 Å². The molecule has 2 nitrogen and oxygen atoms in total. The predicted molar refractivity (Wildman–Crippen MR) is 81.1 cm³/mol. The zero-order valence-corrected chi connectivity index (χ0v) is 12.0. The van der Waals surface area contributed by atoms with Crippen LogP contribution in [0.3, 0.4) is 0 Å². The molecule has 3 heteroatoms. The number of rotatable bonds is 1. The van der Waals surface area contributed by atoms with Gasteiger partial charge in [-0.25, -0.2) is 4.79 Å². The molecule has 0 heterocycles. The van der Waals surface area contributed by atoms with Crippen LogP contribution in [0.4, 0.5) is 0 Å². The molecule has 0 unspecified atom stereocenters. The summed E-state index contributed by atoms with van der Waals surface area (Å²) in [5, 5.41) is 9.74. The first-order chi connectivity index (χ1) is 9.47. The van der Waals surface area contributed by atoms with Crippen LogP contribution in [-0.2, 0) is 4.79 Å². The largest absolute Gasteiger partial charge is 0.478 e. The summed E-state index contributed by atoms with van der Waals surface area (Å²) >= 11 is 6.06. The summed E-state index contributed by atoms with van der Waals surface area (Å²) in [5.41, 5.74) is 7.00. The van der Waals surface area contributed by atoms with E-state index in [4.69, 9.17) is 16.7 Å². The van der Waals surface area contributed by atoms with Crippen molar-refractivity contribution in [1.82, 2.24) is 0 Å². The molecule has 0 fully saturated rings. The number of carbonyl (C=O) groups is 1. The number of fused-ring (bicyclic) bond motifs is 3. The maximum absolute atomic E-state index is 11.1. The van der Waals surface area contributed by atoms with Gasteiger partial charge in [-0.15, -0.1) is 0 Å². The Kier molecular flexibility index (Phi) is 2.91. The van der Waals surface area contributed by atoms with Gasteiger partial charge in [0.05, 0.1) is 0 Å². The number of hydrogen-bond donors (Lipinski definition) is 1. The van der Waals surface area contributed by atoms with E-state index in [2.05, 4.69) is 12.1 Å². The molecule has 0 radical (unpaired) electrons. The molecule has 0 amide bonds. The van der Waals surface area contributed by atoms with Crippen molar-refractivity contribution in [3.05, 3.63) is 63.7 Å². The standard InChI is InChI=1S/C17H13ClO2/c1-9-5-10(2)17-14(6-9)12-4-3-11(18)7-13(12)15(17)8-16(19)20/h3-8H,1-2H3,(H,19,20)/b15-8-. The summed E-state index contributed by atoms with van der Waals surface area (Å²) in [6.07, 6.45) is 1.27. The van der Waals surface area contributed by atoms with E-state index in [1.54, 1.807) is 0 Å². The van der Waals surface area contributed by atoms with Crippen LogP contribution in [0, 0.1) is 13.8 Å². The summed E-state index contributed by atoms with van der Waals surface area (Å²) in [4.78, 5) is 11.1. The van der Waals surface area contributed by atoms with E-state index < -0.39 is 5.97 Å². The van der Waals surface area contributed by atoms with Crippen molar-refractivity contribution in [2.45, 2.75) is 13.8 Å². The number of benzene rings is 2. The normalized spacial score (nSPS) is 14.2. The smallest absolute Gasteiger partial charge is 0.328 e. The first kappa shape index (κ1) is 12.9. The van der Waals surface area contributed by atoms with Gasteiger partial charge in [-0.3, -0.25) is 0 Å². The fourth-order valence-corrected chi connectivity index (χ4v) is 3.09. The lowest BCUT2D eigenvalue weighted by Crippen LogP contribution is -1.93. The van der Waals surface area contributed by atoms with Crippen molar-refractivity contribution < 1.29 is 9.90 Å². The van der Waals surface area contributed by atoms with E-state index in [1.165, 1.54) is 11.6 Å². The summed E-state index contributed by atoms with van der Waals surface area (Å²) in [5.74, 6) is -0.946. The second-order valence-corrected chi connectivity index (χ2v) is 5.53. The maximum Gasteiger partial charge on any atom is 0.328 e. The molecule has 0 aliphatic heterocycles. The minimum absolute atomic E-state index is 0.613. The molecule has 0 aromatic heterocycles. The minimum Gasteiger partial charge on any atom is -0.478 e. The lowest BCUT2D eigenvalue weighted by Gasteiger charge is -2.07. The van der Waals surface area contributed by atoms with Gasteiger partial charge in [0.15, 0.2) is 0 Å². The molecule has 1 aliphatic rings. The summed E-state index contributed by atoms with van der Waals surface area (Å²) in [6, 6.07) is 9.80. The van der Waals surface area contributed by atoms with Gasteiger partial charge in [-0.2, -0.15) is 0 Å². The van der Waals surface area contributed by atoms with Gasteiger partial charge in [-0.1, -0.05) is 35.4 Å². The van der Waals surface area contributed by atoms with Gasteiger partial charge < -0.3 is 5.11 Å². The zero-order valence-electron chi connectivity index (χ0n) is 11.2. The van der Waals surface area contributed by atoms with Gasteiger partial charge >= 0.3 is 5.97 Å². The minimum atomic E-state index is -0.946. The quantitative estimate of drug-likeness (QED) is 0.670. The fourth-order valence-electron chi connectivity index (χ4n) is 2.92. The third-order valence-electron chi connectivity index (χ3n) is 3.58. The van der Waals surface area contributed by atoms with Gasteiger partial charge in [0.25, 0.3) is 0 Å². The van der Waals surface area contributed by atoms with Crippen molar-refractivity contribution in [1.29, 1.82) is 0 Å². The molecule has 1 aliphatic carbocycles. The van der Waals surface area contributed by atoms with Crippen LogP contribution in [0.1, 0.15) is 22.3 Å². The van der Waals surface area contributed by atoms with Crippen molar-refractivity contribution in [3.8, 4) is 11.1 Å². The molecule has 1 N–H and O–H groups in total. The second-order valence-electron chi connectivity index (χ2n) is 5.09. The average Bonchev–Trinajstić information content (AvgIpc) is 2.63. The highest BCUT2D eigenvalue weighted by atomic mass is 35.5. The Labute approximate surface area is 122 Å². The van der Waals surface area contributed by atoms with Crippen molar-refractivity contribution >= 4 is 23.1 Å². The highest BCUT2D eigenvalue weighted by molar-refractivity contribution is 6.31. The summed E-state index contributed by atoms with van der Waals surface area (Å²) < 4.78 is 0. The van der Waals surface area contributed by atoms with E-state index in [-0.39, 0.29) is 0 Å². The van der Waals surface area contributed by atoms with Crippen LogP contribution in [0.2, 0.25) is 5.02 Å². The first-order valence-corrected chi connectivity index (χ1v) is 6.71. The molecule has 0 bridgehead atoms. The Hall–Kier alpha value is -2.06. The summed E-state index contributed by atoms with van der Waals surface area (Å²) in [7, 11) is 0. The molecule has 0 atom stereocenters. The van der Waals surface area contributed by atoms with E-state index in [9.17, 15) is 4.79 Å². The molecular formula is C17H13ClO2. The average molecular weight is 285 g/mol. The van der Waals surface area contributed by atoms with E-state index in [1.807, 2.05) is 32.0 Å². The topological polar surface area (TPSA) is 37.3 Å². The highest BCUT2D eigenvalue weighted by Crippen LogP contribution is 2.46. The number of hydrogen-bond acceptors (Lipinski definition) is 1. The molecule has 20 heavy (non-hydrogen) atoms. The first-order valence-electron chi connectivity index (χ1n) is 6.34. The Morgan fingerprint density at radius 1 is 1.10 bits per heavy atom. The number of aryl methyl sites for hydroxylation is 2. The van der Waals surface area contributed by atoms with Crippen LogP contribution < -0.4 is 0 Å². The number of aliphatic carboxylic acids is 1. The molecule has 0 spiro atoms. The Bertz CT molecular complexity index is 773. The number of carboxylic acid groups (broad SMARTS) is 1. The fraction of sp³-hybridized carbons (Fsp3) is 0.118. The molecule has 0 saturated heterocycles. The second kappa shape index (κ2) is 4.50. The highest BCUT2D eigenvalue weighted by Gasteiger charge is 2.26. The Morgan fingerprint density at radius 3 is 2.55 bits per heavy atom. The lowest BCUT2D eigenvalue weighted by atomic mass is 9.97. The van der Waals surface area contributed by atoms with E-state index >= 15 is 0 Å². The SMILES string of the molecule is Cc1cc(C)c2c(c1)-c1ccc(Cl)cc1/C2=C/C(=O)O. The molecule has 0 saturated carbocycles. The lowest BCUT2D eigenvalue weighted by molar-refractivity contribution is -0.131. The monoisotopic (exact) mass is 284 g/mol. The number of carboxylic acids is 1. The van der Waals surface area contributed by atoms with Crippen LogP contribution in [0.5, 0.6) is 0 Å². The van der Waals surface area contributed by atoms with Crippen molar-refractivity contribution in [2.24, 2.45) is 0 Å². The summed E-state index contributed by atoms with van der Waals surface area (Å²) in [6.45, 7) is 4.05. The number of halogens is 1.